The number of aliphatic carboxylic acids is 1. The highest BCUT2D eigenvalue weighted by atomic mass is 16.5. The molecule has 25 heavy (non-hydrogen) atoms. The minimum Gasteiger partial charge on any atom is -0.480 e. The molecular weight excluding hydrogens is 322 g/mol. The highest BCUT2D eigenvalue weighted by Gasteiger charge is 2.30. The maximum absolute atomic E-state index is 12.5. The summed E-state index contributed by atoms with van der Waals surface area (Å²) < 4.78 is 7.11. The first-order valence-corrected chi connectivity index (χ1v) is 8.07. The molecular formula is C18H23N3O4. The fraction of sp³-hybridized carbons (Fsp3) is 0.389. The highest BCUT2D eigenvalue weighted by molar-refractivity contribution is 5.94. The van der Waals surface area contributed by atoms with Gasteiger partial charge in [0, 0.05) is 6.20 Å². The van der Waals surface area contributed by atoms with Crippen LogP contribution in [0.1, 0.15) is 32.8 Å². The second kappa shape index (κ2) is 7.38. The molecule has 0 spiro atoms. The zero-order valence-electron chi connectivity index (χ0n) is 14.8. The van der Waals surface area contributed by atoms with E-state index in [9.17, 15) is 14.7 Å². The molecule has 0 saturated carbocycles. The summed E-state index contributed by atoms with van der Waals surface area (Å²) in [7, 11) is 0. The number of amides is 1. The van der Waals surface area contributed by atoms with Crippen LogP contribution < -0.4 is 10.1 Å². The first-order chi connectivity index (χ1) is 11.8. The lowest BCUT2D eigenvalue weighted by molar-refractivity contribution is -0.146. The second-order valence-corrected chi connectivity index (χ2v) is 6.31. The van der Waals surface area contributed by atoms with Crippen molar-refractivity contribution in [2.75, 3.05) is 5.32 Å². The number of ether oxygens (including phenoxy) is 1. The minimum absolute atomic E-state index is 0.307. The van der Waals surface area contributed by atoms with Gasteiger partial charge in [-0.15, -0.1) is 0 Å². The summed E-state index contributed by atoms with van der Waals surface area (Å²) in [6.07, 6.45) is 2.75. The standard InChI is InChI=1S/C18H23N3O4/c1-5-14(25-15-9-7-6-8-12(15)2)16(22)20-13-10-19-21(11-13)18(3,4)17(23)24/h6-11,14H,5H2,1-4H3,(H,20,22)(H,23,24). The van der Waals surface area contributed by atoms with Crippen molar-refractivity contribution >= 4 is 17.6 Å². The first kappa shape index (κ1) is 18.5. The molecule has 2 N–H and O–H groups in total. The SMILES string of the molecule is CCC(Oc1ccccc1C)C(=O)Nc1cnn(C(C)(C)C(=O)O)c1. The largest absolute Gasteiger partial charge is 0.480 e. The number of aryl methyl sites for hydroxylation is 1. The molecule has 1 aromatic heterocycles. The second-order valence-electron chi connectivity index (χ2n) is 6.31. The number of nitrogens with zero attached hydrogens (tertiary/aromatic N) is 2. The Hall–Kier alpha value is -2.83. The number of carbonyl (C=O) groups is 2. The molecule has 2 aromatic rings. The molecule has 0 radical (unpaired) electrons. The van der Waals surface area contributed by atoms with Crippen LogP contribution in [0.3, 0.4) is 0 Å². The van der Waals surface area contributed by atoms with Gasteiger partial charge in [0.1, 0.15) is 5.75 Å². The third-order valence-corrected chi connectivity index (χ3v) is 3.97. The summed E-state index contributed by atoms with van der Waals surface area (Å²) in [6, 6.07) is 7.49. The molecule has 1 unspecified atom stereocenters. The molecule has 1 atom stereocenters. The summed E-state index contributed by atoms with van der Waals surface area (Å²) in [5.41, 5.74) is 0.168. The van der Waals surface area contributed by atoms with E-state index in [-0.39, 0.29) is 5.91 Å². The van der Waals surface area contributed by atoms with Crippen molar-refractivity contribution in [3.8, 4) is 5.75 Å². The van der Waals surface area contributed by atoms with Crippen molar-refractivity contribution < 1.29 is 19.4 Å². The number of hydrogen-bond acceptors (Lipinski definition) is 4. The number of nitrogens with one attached hydrogen (secondary N) is 1. The Balaban J connectivity index is 2.09. The fourth-order valence-electron chi connectivity index (χ4n) is 2.18. The Labute approximate surface area is 146 Å². The van der Waals surface area contributed by atoms with Crippen LogP contribution in [0.5, 0.6) is 5.75 Å². The van der Waals surface area contributed by atoms with Crippen molar-refractivity contribution in [3.05, 3.63) is 42.2 Å². The van der Waals surface area contributed by atoms with Crippen LogP contribution in [0.25, 0.3) is 0 Å². The molecule has 134 valence electrons. The summed E-state index contributed by atoms with van der Waals surface area (Å²) in [5.74, 6) is -0.659. The van der Waals surface area contributed by atoms with Gasteiger partial charge in [0.05, 0.1) is 11.9 Å². The van der Waals surface area contributed by atoms with Gasteiger partial charge in [0.2, 0.25) is 0 Å². The lowest BCUT2D eigenvalue weighted by atomic mass is 10.1. The van der Waals surface area contributed by atoms with Gasteiger partial charge >= 0.3 is 5.97 Å². The summed E-state index contributed by atoms with van der Waals surface area (Å²) in [5, 5.41) is 16.0. The summed E-state index contributed by atoms with van der Waals surface area (Å²) in [6.45, 7) is 6.84. The van der Waals surface area contributed by atoms with Crippen LogP contribution in [-0.2, 0) is 15.1 Å². The third kappa shape index (κ3) is 4.17. The van der Waals surface area contributed by atoms with E-state index >= 15 is 0 Å². The smallest absolute Gasteiger partial charge is 0.331 e. The lowest BCUT2D eigenvalue weighted by Gasteiger charge is -2.19. The zero-order chi connectivity index (χ0) is 18.6. The van der Waals surface area contributed by atoms with Gasteiger partial charge < -0.3 is 15.2 Å². The summed E-state index contributed by atoms with van der Waals surface area (Å²) in [4.78, 5) is 23.7. The molecule has 0 aliphatic heterocycles. The van der Waals surface area contributed by atoms with Gasteiger partial charge in [-0.25, -0.2) is 4.79 Å². The lowest BCUT2D eigenvalue weighted by Crippen LogP contribution is -2.36. The molecule has 1 heterocycles. The van der Waals surface area contributed by atoms with Crippen molar-refractivity contribution in [3.63, 3.8) is 0 Å². The number of hydrogen-bond donors (Lipinski definition) is 2. The Morgan fingerprint density at radius 1 is 1.36 bits per heavy atom. The molecule has 7 nitrogen and oxygen atoms in total. The Morgan fingerprint density at radius 3 is 2.64 bits per heavy atom. The number of carbonyl (C=O) groups excluding carboxylic acids is 1. The normalized spacial score (nSPS) is 12.5. The Morgan fingerprint density at radius 2 is 2.04 bits per heavy atom. The van der Waals surface area contributed by atoms with Gasteiger partial charge in [-0.1, -0.05) is 25.1 Å². The molecule has 0 fully saturated rings. The number of para-hydroxylation sites is 1. The van der Waals surface area contributed by atoms with Crippen LogP contribution in [0.2, 0.25) is 0 Å². The van der Waals surface area contributed by atoms with Gasteiger partial charge in [-0.05, 0) is 38.8 Å². The average molecular weight is 345 g/mol. The molecule has 1 amide bonds. The van der Waals surface area contributed by atoms with Crippen LogP contribution in [0.4, 0.5) is 5.69 Å². The van der Waals surface area contributed by atoms with Gasteiger partial charge in [0.25, 0.3) is 5.91 Å². The molecule has 0 aliphatic rings. The molecule has 1 aromatic carbocycles. The molecule has 0 saturated heterocycles. The number of aromatic nitrogens is 2. The number of carboxylic acid groups (broad SMARTS) is 1. The molecule has 2 rings (SSSR count). The van der Waals surface area contributed by atoms with E-state index in [0.717, 1.165) is 5.56 Å². The van der Waals surface area contributed by atoms with Gasteiger partial charge in [0.15, 0.2) is 11.6 Å². The van der Waals surface area contributed by atoms with E-state index in [1.807, 2.05) is 38.1 Å². The highest BCUT2D eigenvalue weighted by Crippen LogP contribution is 2.20. The van der Waals surface area contributed by atoms with Crippen molar-refractivity contribution in [2.24, 2.45) is 0 Å². The minimum atomic E-state index is -1.20. The number of rotatable bonds is 7. The topological polar surface area (TPSA) is 93.5 Å². The quantitative estimate of drug-likeness (QED) is 0.805. The Kier molecular flexibility index (Phi) is 5.46. The van der Waals surface area contributed by atoms with E-state index in [2.05, 4.69) is 10.4 Å². The molecule has 7 heteroatoms. The van der Waals surface area contributed by atoms with Crippen LogP contribution in [0.15, 0.2) is 36.7 Å². The van der Waals surface area contributed by atoms with Gasteiger partial charge in [-0.3, -0.25) is 9.48 Å². The number of benzene rings is 1. The van der Waals surface area contributed by atoms with Crippen molar-refractivity contribution in [2.45, 2.75) is 45.8 Å². The first-order valence-electron chi connectivity index (χ1n) is 8.07. The van der Waals surface area contributed by atoms with E-state index < -0.39 is 17.6 Å². The van der Waals surface area contributed by atoms with Crippen LogP contribution in [0, 0.1) is 6.92 Å². The van der Waals surface area contributed by atoms with E-state index in [0.29, 0.717) is 17.9 Å². The van der Waals surface area contributed by atoms with Crippen LogP contribution in [-0.4, -0.2) is 32.9 Å². The summed E-state index contributed by atoms with van der Waals surface area (Å²) >= 11 is 0. The third-order valence-electron chi connectivity index (χ3n) is 3.97. The number of anilines is 1. The fourth-order valence-corrected chi connectivity index (χ4v) is 2.18. The van der Waals surface area contributed by atoms with Crippen LogP contribution >= 0.6 is 0 Å². The van der Waals surface area contributed by atoms with E-state index in [4.69, 9.17) is 4.74 Å². The van der Waals surface area contributed by atoms with Crippen molar-refractivity contribution in [1.29, 1.82) is 0 Å². The predicted molar refractivity (Wildman–Crippen MR) is 93.7 cm³/mol. The molecule has 0 aliphatic carbocycles. The average Bonchev–Trinajstić information content (AvgIpc) is 3.03. The zero-order valence-corrected chi connectivity index (χ0v) is 14.8. The molecule has 0 bridgehead atoms. The van der Waals surface area contributed by atoms with Gasteiger partial charge in [-0.2, -0.15) is 5.10 Å². The maximum atomic E-state index is 12.5. The van der Waals surface area contributed by atoms with E-state index in [1.165, 1.54) is 30.9 Å². The van der Waals surface area contributed by atoms with Crippen molar-refractivity contribution in [1.82, 2.24) is 9.78 Å². The van der Waals surface area contributed by atoms with E-state index in [1.54, 1.807) is 0 Å². The predicted octanol–water partition coefficient (Wildman–Crippen LogP) is 2.81. The number of carboxylic acids is 1. The monoisotopic (exact) mass is 345 g/mol. The maximum Gasteiger partial charge on any atom is 0.331 e. The Bertz CT molecular complexity index is 767.